The Bertz CT molecular complexity index is 426. The third-order valence-corrected chi connectivity index (χ3v) is 2.26. The highest BCUT2D eigenvalue weighted by Gasteiger charge is 2.54. The van der Waals surface area contributed by atoms with E-state index in [-0.39, 0.29) is 5.56 Å². The second-order valence-electron chi connectivity index (χ2n) is 3.33. The van der Waals surface area contributed by atoms with E-state index in [1.807, 2.05) is 0 Å². The number of carbonyl (C=O) groups is 2. The van der Waals surface area contributed by atoms with Gasteiger partial charge in [0.2, 0.25) is 0 Å². The lowest BCUT2D eigenvalue weighted by atomic mass is 9.92. The molecule has 0 radical (unpaired) electrons. The monoisotopic (exact) mass is 223 g/mol. The molecule has 1 rings (SSSR count). The van der Waals surface area contributed by atoms with Gasteiger partial charge >= 0.3 is 11.5 Å². The number of carboxylic acids is 1. The molecule has 1 N–H and O–H groups in total. The Morgan fingerprint density at radius 2 is 1.81 bits per heavy atom. The summed E-state index contributed by atoms with van der Waals surface area (Å²) in [5.41, 5.74) is -2.63. The van der Waals surface area contributed by atoms with E-state index in [4.69, 9.17) is 5.11 Å². The maximum atomic E-state index is 11.7. The van der Waals surface area contributed by atoms with Gasteiger partial charge < -0.3 is 5.11 Å². The number of Topliss-reactive ketones (excluding diaryl/α,β-unsaturated/α-hetero) is 1. The molecule has 1 aromatic rings. The van der Waals surface area contributed by atoms with Crippen molar-refractivity contribution in [1.29, 1.82) is 0 Å². The van der Waals surface area contributed by atoms with Crippen LogP contribution in [0.3, 0.4) is 0 Å². The number of aliphatic carboxylic acids is 1. The first-order valence-electron chi connectivity index (χ1n) is 4.38. The van der Waals surface area contributed by atoms with E-state index in [9.17, 15) is 19.7 Å². The molecule has 6 nitrogen and oxygen atoms in total. The second kappa shape index (κ2) is 4.09. The molecule has 0 fully saturated rings. The molecule has 1 unspecified atom stereocenters. The molecule has 0 aromatic heterocycles. The summed E-state index contributed by atoms with van der Waals surface area (Å²) in [4.78, 5) is 32.1. The summed E-state index contributed by atoms with van der Waals surface area (Å²) in [5.74, 6) is -2.81. The smallest absolute Gasteiger partial charge is 0.390 e. The Balaban J connectivity index is 3.22. The summed E-state index contributed by atoms with van der Waals surface area (Å²) in [5, 5.41) is 19.5. The third kappa shape index (κ3) is 1.77. The highest BCUT2D eigenvalue weighted by molar-refractivity contribution is 6.14. The van der Waals surface area contributed by atoms with Crippen molar-refractivity contribution in [3.63, 3.8) is 0 Å². The SMILES string of the molecule is CC(C(=O)O)(C(=O)c1ccccc1)[N+](=O)[O-]. The Labute approximate surface area is 90.7 Å². The molecule has 1 atom stereocenters. The van der Waals surface area contributed by atoms with Crippen molar-refractivity contribution >= 4 is 11.8 Å². The van der Waals surface area contributed by atoms with Crippen molar-refractivity contribution in [2.24, 2.45) is 0 Å². The van der Waals surface area contributed by atoms with E-state index in [2.05, 4.69) is 0 Å². The number of nitrogens with zero attached hydrogens (tertiary/aromatic N) is 1. The highest BCUT2D eigenvalue weighted by atomic mass is 16.6. The van der Waals surface area contributed by atoms with Crippen LogP contribution >= 0.6 is 0 Å². The number of nitro groups is 1. The van der Waals surface area contributed by atoms with Crippen LogP contribution in [0.1, 0.15) is 17.3 Å². The summed E-state index contributed by atoms with van der Waals surface area (Å²) in [6, 6.07) is 7.33. The summed E-state index contributed by atoms with van der Waals surface area (Å²) >= 11 is 0. The van der Waals surface area contributed by atoms with E-state index in [0.29, 0.717) is 0 Å². The van der Waals surface area contributed by atoms with E-state index in [1.165, 1.54) is 24.3 Å². The quantitative estimate of drug-likeness (QED) is 0.355. The molecule has 0 saturated heterocycles. The van der Waals surface area contributed by atoms with Crippen molar-refractivity contribution in [2.75, 3.05) is 0 Å². The standard InChI is InChI=1S/C10H9NO5/c1-10(9(13)14,11(15)16)8(12)7-5-3-2-4-6-7/h2-6H,1H3,(H,13,14). The molecule has 0 aliphatic carbocycles. The van der Waals surface area contributed by atoms with Gasteiger partial charge in [-0.25, -0.2) is 4.79 Å². The molecule has 16 heavy (non-hydrogen) atoms. The molecule has 0 bridgehead atoms. The van der Waals surface area contributed by atoms with Gasteiger partial charge in [-0.2, -0.15) is 0 Å². The van der Waals surface area contributed by atoms with Gasteiger partial charge in [0.25, 0.3) is 5.78 Å². The highest BCUT2D eigenvalue weighted by Crippen LogP contribution is 2.17. The van der Waals surface area contributed by atoms with Crippen molar-refractivity contribution < 1.29 is 19.6 Å². The maximum absolute atomic E-state index is 11.7. The lowest BCUT2D eigenvalue weighted by Crippen LogP contribution is -2.50. The zero-order chi connectivity index (χ0) is 12.3. The zero-order valence-electron chi connectivity index (χ0n) is 8.41. The van der Waals surface area contributed by atoms with Crippen LogP contribution < -0.4 is 0 Å². The average Bonchev–Trinajstić information content (AvgIpc) is 2.27. The average molecular weight is 223 g/mol. The number of hydrogen-bond acceptors (Lipinski definition) is 4. The Hall–Kier alpha value is -2.24. The lowest BCUT2D eigenvalue weighted by Gasteiger charge is -2.14. The Morgan fingerprint density at radius 3 is 2.19 bits per heavy atom. The third-order valence-electron chi connectivity index (χ3n) is 2.26. The fourth-order valence-corrected chi connectivity index (χ4v) is 1.13. The minimum atomic E-state index is -2.64. The minimum absolute atomic E-state index is 0.00380. The summed E-state index contributed by atoms with van der Waals surface area (Å²) in [7, 11) is 0. The van der Waals surface area contributed by atoms with Crippen LogP contribution in [-0.2, 0) is 4.79 Å². The van der Waals surface area contributed by atoms with E-state index >= 15 is 0 Å². The molecular weight excluding hydrogens is 214 g/mol. The molecule has 84 valence electrons. The zero-order valence-corrected chi connectivity index (χ0v) is 8.41. The molecule has 0 aliphatic rings. The van der Waals surface area contributed by atoms with Gasteiger partial charge in [-0.05, 0) is 0 Å². The normalized spacial score (nSPS) is 13.8. The van der Waals surface area contributed by atoms with Crippen LogP contribution in [-0.4, -0.2) is 27.3 Å². The fourth-order valence-electron chi connectivity index (χ4n) is 1.13. The van der Waals surface area contributed by atoms with E-state index in [1.54, 1.807) is 6.07 Å². The van der Waals surface area contributed by atoms with Crippen LogP contribution in [0.2, 0.25) is 0 Å². The molecule has 0 heterocycles. The Kier molecular flexibility index (Phi) is 3.03. The molecule has 0 amide bonds. The van der Waals surface area contributed by atoms with Crippen molar-refractivity contribution in [3.05, 3.63) is 46.0 Å². The molecule has 1 aromatic carbocycles. The van der Waals surface area contributed by atoms with Crippen LogP contribution in [0.25, 0.3) is 0 Å². The van der Waals surface area contributed by atoms with Crippen molar-refractivity contribution in [2.45, 2.75) is 12.5 Å². The maximum Gasteiger partial charge on any atom is 0.390 e. The second-order valence-corrected chi connectivity index (χ2v) is 3.33. The number of carboxylic acid groups (broad SMARTS) is 1. The predicted octanol–water partition coefficient (Wildman–Crippen LogP) is 0.989. The van der Waals surface area contributed by atoms with Crippen LogP contribution in [0.4, 0.5) is 0 Å². The van der Waals surface area contributed by atoms with Gasteiger partial charge in [0.15, 0.2) is 0 Å². The van der Waals surface area contributed by atoms with Gasteiger partial charge in [-0.1, -0.05) is 30.3 Å². The van der Waals surface area contributed by atoms with Gasteiger partial charge in [-0.3, -0.25) is 14.9 Å². The summed E-state index contributed by atoms with van der Waals surface area (Å²) < 4.78 is 0. The van der Waals surface area contributed by atoms with Gasteiger partial charge in [0, 0.05) is 17.4 Å². The van der Waals surface area contributed by atoms with Crippen molar-refractivity contribution in [3.8, 4) is 0 Å². The largest absolute Gasteiger partial charge is 0.476 e. The molecule has 0 spiro atoms. The van der Waals surface area contributed by atoms with Crippen LogP contribution in [0.15, 0.2) is 30.3 Å². The number of rotatable bonds is 4. The minimum Gasteiger partial charge on any atom is -0.476 e. The van der Waals surface area contributed by atoms with Crippen LogP contribution in [0, 0.1) is 10.1 Å². The van der Waals surface area contributed by atoms with Gasteiger partial charge in [0.1, 0.15) is 0 Å². The van der Waals surface area contributed by atoms with E-state index < -0.39 is 22.2 Å². The number of benzene rings is 1. The van der Waals surface area contributed by atoms with Crippen molar-refractivity contribution in [1.82, 2.24) is 0 Å². The molecule has 0 aliphatic heterocycles. The number of carbonyl (C=O) groups excluding carboxylic acids is 1. The first kappa shape index (κ1) is 11.8. The molecule has 0 saturated carbocycles. The lowest BCUT2D eigenvalue weighted by molar-refractivity contribution is -0.531. The first-order chi connectivity index (χ1) is 7.40. The summed E-state index contributed by atoms with van der Waals surface area (Å²) in [6.07, 6.45) is 0. The topological polar surface area (TPSA) is 97.5 Å². The first-order valence-corrected chi connectivity index (χ1v) is 4.38. The molecule has 6 heteroatoms. The Morgan fingerprint density at radius 1 is 1.31 bits per heavy atom. The number of hydrogen-bond donors (Lipinski definition) is 1. The van der Waals surface area contributed by atoms with Gasteiger partial charge in [0.05, 0.1) is 0 Å². The molecular formula is C10H9NO5. The summed E-state index contributed by atoms with van der Waals surface area (Å²) in [6.45, 7) is 0.782. The predicted molar refractivity (Wildman–Crippen MR) is 53.8 cm³/mol. The van der Waals surface area contributed by atoms with Crippen LogP contribution in [0.5, 0.6) is 0 Å². The fraction of sp³-hybridized carbons (Fsp3) is 0.200. The van der Waals surface area contributed by atoms with E-state index in [0.717, 1.165) is 6.92 Å². The number of ketones is 1. The van der Waals surface area contributed by atoms with Gasteiger partial charge in [-0.15, -0.1) is 0 Å².